The summed E-state index contributed by atoms with van der Waals surface area (Å²) in [6, 6.07) is 3.80. The van der Waals surface area contributed by atoms with Gasteiger partial charge >= 0.3 is 0 Å². The fraction of sp³-hybridized carbons (Fsp3) is 0.565. The number of halogens is 1. The fourth-order valence-electron chi connectivity index (χ4n) is 4.51. The summed E-state index contributed by atoms with van der Waals surface area (Å²) in [4.78, 5) is 17.3. The second-order valence-electron chi connectivity index (χ2n) is 9.25. The quantitative estimate of drug-likeness (QED) is 0.474. The molecule has 0 spiro atoms. The highest BCUT2D eigenvalue weighted by atomic mass is 19.1. The molecule has 12 heteroatoms. The molecular weight excluding hydrogens is 455 g/mol. The van der Waals surface area contributed by atoms with E-state index in [1.165, 1.54) is 0 Å². The highest BCUT2D eigenvalue weighted by Crippen LogP contribution is 2.31. The van der Waals surface area contributed by atoms with Crippen LogP contribution in [0.1, 0.15) is 26.3 Å². The summed E-state index contributed by atoms with van der Waals surface area (Å²) >= 11 is 0. The highest BCUT2D eigenvalue weighted by Gasteiger charge is 2.29. The molecule has 188 valence electrons. The third-order valence-corrected chi connectivity index (χ3v) is 6.39. The van der Waals surface area contributed by atoms with Crippen molar-refractivity contribution in [3.63, 3.8) is 0 Å². The number of aliphatic hydroxyl groups excluding tert-OH is 2. The van der Waals surface area contributed by atoms with E-state index >= 15 is 0 Å². The molecule has 3 aromatic heterocycles. The van der Waals surface area contributed by atoms with Gasteiger partial charge in [0.15, 0.2) is 5.82 Å². The average molecular weight is 487 g/mol. The number of ether oxygens (including phenoxy) is 1. The minimum atomic E-state index is -1.32. The molecule has 0 saturated carbocycles. The first-order valence-electron chi connectivity index (χ1n) is 12.0. The zero-order valence-electron chi connectivity index (χ0n) is 19.9. The van der Waals surface area contributed by atoms with Crippen LogP contribution in [0.5, 0.6) is 0 Å². The van der Waals surface area contributed by atoms with E-state index in [0.29, 0.717) is 50.2 Å². The lowest BCUT2D eigenvalue weighted by Gasteiger charge is -2.32. The molecule has 0 unspecified atom stereocenters. The Morgan fingerprint density at radius 3 is 2.83 bits per heavy atom. The minimum absolute atomic E-state index is 0.0312. The predicted octanol–water partition coefficient (Wildman–Crippen LogP) is 1.65. The molecule has 2 aliphatic rings. The van der Waals surface area contributed by atoms with E-state index in [1.54, 1.807) is 23.4 Å². The standard InChI is InChI=1S/C23H31FN8O3/c1-14(2)32-18-9-21(26-10-16(18)22(29-32)30-7-8-35-15(11-30)13-33)27-20-3-5-25-23(28-20)31-6-4-19(34)17(24)12-31/h3,5,9-10,14-15,17,19,33-34H,4,6-8,11-13H2,1-2H3,(H,25,26,27,28)/t15-,17+,19-/m0/s1. The Kier molecular flexibility index (Phi) is 6.67. The second kappa shape index (κ2) is 9.88. The van der Waals surface area contributed by atoms with Crippen LogP contribution in [-0.2, 0) is 4.74 Å². The molecule has 0 aliphatic carbocycles. The molecule has 2 aliphatic heterocycles. The molecule has 35 heavy (non-hydrogen) atoms. The zero-order chi connectivity index (χ0) is 24.5. The van der Waals surface area contributed by atoms with Gasteiger partial charge in [-0.3, -0.25) is 4.68 Å². The van der Waals surface area contributed by atoms with Crippen molar-refractivity contribution in [3.05, 3.63) is 24.5 Å². The number of nitrogens with zero attached hydrogens (tertiary/aromatic N) is 7. The van der Waals surface area contributed by atoms with E-state index in [4.69, 9.17) is 9.84 Å². The number of rotatable bonds is 6. The maximum Gasteiger partial charge on any atom is 0.227 e. The largest absolute Gasteiger partial charge is 0.394 e. The highest BCUT2D eigenvalue weighted by molar-refractivity contribution is 5.92. The van der Waals surface area contributed by atoms with Gasteiger partial charge in [-0.05, 0) is 26.3 Å². The third kappa shape index (κ3) is 4.86. The molecule has 11 nitrogen and oxygen atoms in total. The summed E-state index contributed by atoms with van der Waals surface area (Å²) in [5, 5.41) is 28.2. The van der Waals surface area contributed by atoms with Gasteiger partial charge in [0.2, 0.25) is 5.95 Å². The van der Waals surface area contributed by atoms with Gasteiger partial charge in [0.1, 0.15) is 17.8 Å². The fourth-order valence-corrected chi connectivity index (χ4v) is 4.51. The normalized spacial score (nSPS) is 23.3. The van der Waals surface area contributed by atoms with Crippen LogP contribution in [0, 0.1) is 0 Å². The van der Waals surface area contributed by atoms with Crippen molar-refractivity contribution in [2.24, 2.45) is 0 Å². The number of hydrogen-bond donors (Lipinski definition) is 3. The molecule has 0 bridgehead atoms. The van der Waals surface area contributed by atoms with Crippen LogP contribution in [-0.4, -0.2) is 92.7 Å². The summed E-state index contributed by atoms with van der Waals surface area (Å²) in [6.45, 7) is 6.46. The predicted molar refractivity (Wildman–Crippen MR) is 130 cm³/mol. The van der Waals surface area contributed by atoms with E-state index in [9.17, 15) is 14.6 Å². The lowest BCUT2D eigenvalue weighted by Crippen LogP contribution is -2.45. The van der Waals surface area contributed by atoms with Crippen molar-refractivity contribution in [2.45, 2.75) is 44.7 Å². The molecule has 0 amide bonds. The molecule has 5 rings (SSSR count). The van der Waals surface area contributed by atoms with Crippen molar-refractivity contribution in [3.8, 4) is 0 Å². The van der Waals surface area contributed by atoms with Gasteiger partial charge in [0.25, 0.3) is 0 Å². The summed E-state index contributed by atoms with van der Waals surface area (Å²) in [5.41, 5.74) is 0.930. The maximum absolute atomic E-state index is 14.0. The molecule has 0 aromatic carbocycles. The summed E-state index contributed by atoms with van der Waals surface area (Å²) in [5.74, 6) is 2.37. The Balaban J connectivity index is 1.41. The maximum atomic E-state index is 14.0. The summed E-state index contributed by atoms with van der Waals surface area (Å²) in [7, 11) is 0. The topological polar surface area (TPSA) is 125 Å². The smallest absolute Gasteiger partial charge is 0.227 e. The van der Waals surface area contributed by atoms with Gasteiger partial charge < -0.3 is 30.1 Å². The number of nitrogens with one attached hydrogen (secondary N) is 1. The Hall–Kier alpha value is -3.09. The average Bonchev–Trinajstić information content (AvgIpc) is 3.25. The number of morpholine rings is 1. The Labute approximate surface area is 202 Å². The molecule has 2 saturated heterocycles. The van der Waals surface area contributed by atoms with Crippen LogP contribution >= 0.6 is 0 Å². The van der Waals surface area contributed by atoms with Crippen LogP contribution in [0.15, 0.2) is 24.5 Å². The molecule has 3 atom stereocenters. The van der Waals surface area contributed by atoms with Crippen molar-refractivity contribution >= 4 is 34.3 Å². The lowest BCUT2D eigenvalue weighted by atomic mass is 10.1. The Bertz CT molecular complexity index is 1170. The minimum Gasteiger partial charge on any atom is -0.394 e. The SMILES string of the molecule is CC(C)n1nc(N2CCO[C@H](CO)C2)c2cnc(Nc3ccnc(N4CC[C@H](O)[C@H](F)C4)n3)cc21. The molecule has 0 radical (unpaired) electrons. The van der Waals surface area contributed by atoms with E-state index in [-0.39, 0.29) is 25.3 Å². The van der Waals surface area contributed by atoms with Crippen LogP contribution in [0.3, 0.4) is 0 Å². The monoisotopic (exact) mass is 486 g/mol. The molecule has 3 N–H and O–H groups in total. The first-order chi connectivity index (χ1) is 16.9. The van der Waals surface area contributed by atoms with Gasteiger partial charge in [-0.15, -0.1) is 0 Å². The number of piperidine rings is 1. The molecule has 2 fully saturated rings. The van der Waals surface area contributed by atoms with Crippen molar-refractivity contribution in [1.29, 1.82) is 0 Å². The van der Waals surface area contributed by atoms with Crippen LogP contribution in [0.4, 0.5) is 27.8 Å². The number of fused-ring (bicyclic) bond motifs is 1. The van der Waals surface area contributed by atoms with Crippen LogP contribution in [0.25, 0.3) is 10.9 Å². The third-order valence-electron chi connectivity index (χ3n) is 6.39. The van der Waals surface area contributed by atoms with Gasteiger partial charge in [-0.25, -0.2) is 14.4 Å². The van der Waals surface area contributed by atoms with Crippen LogP contribution < -0.4 is 15.1 Å². The Morgan fingerprint density at radius 1 is 1.20 bits per heavy atom. The van der Waals surface area contributed by atoms with Crippen LogP contribution in [0.2, 0.25) is 0 Å². The molecular formula is C23H31FN8O3. The van der Waals surface area contributed by atoms with Gasteiger partial charge in [0, 0.05) is 44.1 Å². The first kappa shape index (κ1) is 23.6. The summed E-state index contributed by atoms with van der Waals surface area (Å²) < 4.78 is 21.5. The van der Waals surface area contributed by atoms with Gasteiger partial charge in [-0.1, -0.05) is 0 Å². The Morgan fingerprint density at radius 2 is 2.06 bits per heavy atom. The number of hydrogen-bond acceptors (Lipinski definition) is 10. The van der Waals surface area contributed by atoms with Crippen molar-refractivity contribution in [2.75, 3.05) is 54.5 Å². The van der Waals surface area contributed by atoms with Crippen molar-refractivity contribution < 1.29 is 19.3 Å². The first-order valence-corrected chi connectivity index (χ1v) is 12.0. The van der Waals surface area contributed by atoms with E-state index in [2.05, 4.69) is 39.0 Å². The number of alkyl halides is 1. The number of aromatic nitrogens is 5. The molecule has 5 heterocycles. The van der Waals surface area contributed by atoms with Gasteiger partial charge in [0.05, 0.1) is 42.9 Å². The lowest BCUT2D eigenvalue weighted by molar-refractivity contribution is 0.00339. The number of anilines is 4. The number of aliphatic hydroxyl groups is 2. The zero-order valence-corrected chi connectivity index (χ0v) is 19.9. The van der Waals surface area contributed by atoms with Gasteiger partial charge in [-0.2, -0.15) is 10.1 Å². The van der Waals surface area contributed by atoms with Crippen molar-refractivity contribution in [1.82, 2.24) is 24.7 Å². The molecule has 3 aromatic rings. The van der Waals surface area contributed by atoms with E-state index in [1.807, 2.05) is 10.7 Å². The second-order valence-corrected chi connectivity index (χ2v) is 9.25. The number of pyridine rings is 1. The van der Waals surface area contributed by atoms with E-state index in [0.717, 1.165) is 16.7 Å². The van der Waals surface area contributed by atoms with E-state index < -0.39 is 12.3 Å². The summed E-state index contributed by atoms with van der Waals surface area (Å²) in [6.07, 6.45) is 1.26.